The smallest absolute Gasteiger partial charge is 0.333 e. The molecule has 0 aromatic rings. The number of rotatable bonds is 1. The Labute approximate surface area is 98.4 Å². The van der Waals surface area contributed by atoms with E-state index in [0.29, 0.717) is 0 Å². The Morgan fingerprint density at radius 3 is 2.56 bits per heavy atom. The maximum absolute atomic E-state index is 11.5. The minimum atomic E-state index is -0.179. The lowest BCUT2D eigenvalue weighted by Gasteiger charge is -2.06. The van der Waals surface area contributed by atoms with Crippen LogP contribution in [0.3, 0.4) is 0 Å². The summed E-state index contributed by atoms with van der Waals surface area (Å²) in [6, 6.07) is 0. The zero-order valence-electron chi connectivity index (χ0n) is 10.2. The van der Waals surface area contributed by atoms with E-state index in [1.165, 1.54) is 39.2 Å². The Balaban J connectivity index is 2.57. The summed E-state index contributed by atoms with van der Waals surface area (Å²) in [5.74, 6) is -0.179. The van der Waals surface area contributed by atoms with Gasteiger partial charge in [0, 0.05) is 5.57 Å². The fourth-order valence-electron chi connectivity index (χ4n) is 1.95. The van der Waals surface area contributed by atoms with E-state index in [1.54, 1.807) is 0 Å². The van der Waals surface area contributed by atoms with Gasteiger partial charge in [0.25, 0.3) is 0 Å². The molecule has 0 N–H and O–H groups in total. The molecule has 2 heteroatoms. The van der Waals surface area contributed by atoms with Crippen molar-refractivity contribution in [2.24, 2.45) is 0 Å². The summed E-state index contributed by atoms with van der Waals surface area (Å²) < 4.78 is 4.77. The van der Waals surface area contributed by atoms with Gasteiger partial charge in [0.2, 0.25) is 0 Å². The van der Waals surface area contributed by atoms with Crippen LogP contribution in [-0.4, -0.2) is 13.1 Å². The van der Waals surface area contributed by atoms with Gasteiger partial charge in [0.1, 0.15) is 0 Å². The van der Waals surface area contributed by atoms with E-state index in [1.807, 2.05) is 12.2 Å². The molecule has 0 saturated carbocycles. The van der Waals surface area contributed by atoms with E-state index in [9.17, 15) is 4.79 Å². The highest BCUT2D eigenvalue weighted by Gasteiger charge is 2.08. The third-order valence-electron chi connectivity index (χ3n) is 2.95. The van der Waals surface area contributed by atoms with E-state index in [-0.39, 0.29) is 5.97 Å². The number of esters is 1. The minimum absolute atomic E-state index is 0.179. The molecule has 0 bridgehead atoms. The summed E-state index contributed by atoms with van der Waals surface area (Å²) in [4.78, 5) is 11.5. The molecule has 0 amide bonds. The molecule has 1 rings (SSSR count). The maximum atomic E-state index is 11.5. The van der Waals surface area contributed by atoms with Crippen molar-refractivity contribution >= 4 is 5.97 Å². The molecule has 0 atom stereocenters. The number of methoxy groups -OCH3 is 1. The fraction of sp³-hybridized carbons (Fsp3) is 0.643. The second-order valence-electron chi connectivity index (χ2n) is 4.27. The molecule has 0 radical (unpaired) electrons. The largest absolute Gasteiger partial charge is 0.466 e. The molecule has 1 aliphatic rings. The summed E-state index contributed by atoms with van der Waals surface area (Å²) in [7, 11) is 1.45. The Bertz CT molecular complexity index is 264. The second kappa shape index (κ2) is 8.14. The van der Waals surface area contributed by atoms with Gasteiger partial charge < -0.3 is 4.74 Å². The quantitative estimate of drug-likeness (QED) is 0.631. The second-order valence-corrected chi connectivity index (χ2v) is 4.27. The lowest BCUT2D eigenvalue weighted by Crippen LogP contribution is -2.04. The third kappa shape index (κ3) is 5.15. The zero-order chi connectivity index (χ0) is 11.6. The van der Waals surface area contributed by atoms with Crippen molar-refractivity contribution < 1.29 is 9.53 Å². The first-order chi connectivity index (χ1) is 7.84. The first kappa shape index (κ1) is 13.0. The van der Waals surface area contributed by atoms with Gasteiger partial charge in [-0.15, -0.1) is 0 Å². The highest BCUT2D eigenvalue weighted by Crippen LogP contribution is 2.15. The van der Waals surface area contributed by atoms with Crippen LogP contribution in [0.5, 0.6) is 0 Å². The topological polar surface area (TPSA) is 26.3 Å². The van der Waals surface area contributed by atoms with Crippen LogP contribution in [0.4, 0.5) is 0 Å². The van der Waals surface area contributed by atoms with Crippen molar-refractivity contribution in [2.45, 2.75) is 51.4 Å². The molecule has 1 aliphatic carbocycles. The highest BCUT2D eigenvalue weighted by molar-refractivity contribution is 5.88. The Kier molecular flexibility index (Phi) is 6.62. The van der Waals surface area contributed by atoms with Gasteiger partial charge in [-0.25, -0.2) is 4.79 Å². The summed E-state index contributed by atoms with van der Waals surface area (Å²) in [5.41, 5.74) is 0.805. The molecular formula is C14H22O2. The molecular weight excluding hydrogens is 200 g/mol. The van der Waals surface area contributed by atoms with Crippen molar-refractivity contribution in [1.82, 2.24) is 0 Å². The van der Waals surface area contributed by atoms with E-state index < -0.39 is 0 Å². The van der Waals surface area contributed by atoms with E-state index in [2.05, 4.69) is 6.08 Å². The van der Waals surface area contributed by atoms with Crippen LogP contribution >= 0.6 is 0 Å². The number of hydrogen-bond acceptors (Lipinski definition) is 2. The Morgan fingerprint density at radius 2 is 1.81 bits per heavy atom. The number of allylic oxidation sites excluding steroid dienone is 3. The van der Waals surface area contributed by atoms with Gasteiger partial charge in [-0.1, -0.05) is 43.9 Å². The van der Waals surface area contributed by atoms with Gasteiger partial charge in [-0.05, 0) is 25.7 Å². The first-order valence-electron chi connectivity index (χ1n) is 6.28. The van der Waals surface area contributed by atoms with Gasteiger partial charge >= 0.3 is 5.97 Å². The summed E-state index contributed by atoms with van der Waals surface area (Å²) in [6.07, 6.45) is 15.5. The molecule has 2 nitrogen and oxygen atoms in total. The average molecular weight is 222 g/mol. The molecule has 0 unspecified atom stereocenters. The SMILES string of the molecule is COC(=O)/C1=C\C=C/CCCCCCCC1. The molecule has 0 spiro atoms. The Morgan fingerprint density at radius 1 is 1.12 bits per heavy atom. The maximum Gasteiger partial charge on any atom is 0.333 e. The van der Waals surface area contributed by atoms with Crippen LogP contribution in [0.1, 0.15) is 51.4 Å². The molecule has 0 aliphatic heterocycles. The number of carbonyl (C=O) groups excluding carboxylic acids is 1. The summed E-state index contributed by atoms with van der Waals surface area (Å²) in [6.45, 7) is 0. The monoisotopic (exact) mass is 222 g/mol. The first-order valence-corrected chi connectivity index (χ1v) is 6.28. The van der Waals surface area contributed by atoms with Crippen molar-refractivity contribution in [1.29, 1.82) is 0 Å². The standard InChI is InChI=1S/C14H22O2/c1-16-14(15)13-11-9-7-5-3-2-4-6-8-10-12-13/h7,9,11H,2-6,8,10,12H2,1H3/b9-7-,13-11-. The molecule has 0 aromatic carbocycles. The highest BCUT2D eigenvalue weighted by atomic mass is 16.5. The van der Waals surface area contributed by atoms with Gasteiger partial charge in [-0.3, -0.25) is 0 Å². The molecule has 0 saturated heterocycles. The van der Waals surface area contributed by atoms with Gasteiger partial charge in [0.05, 0.1) is 7.11 Å². The van der Waals surface area contributed by atoms with E-state index >= 15 is 0 Å². The molecule has 0 fully saturated rings. The lowest BCUT2D eigenvalue weighted by atomic mass is 10.0. The third-order valence-corrected chi connectivity index (χ3v) is 2.95. The van der Waals surface area contributed by atoms with Crippen molar-refractivity contribution in [2.75, 3.05) is 7.11 Å². The van der Waals surface area contributed by atoms with Crippen LogP contribution < -0.4 is 0 Å². The van der Waals surface area contributed by atoms with Gasteiger partial charge in [-0.2, -0.15) is 0 Å². The fourth-order valence-corrected chi connectivity index (χ4v) is 1.95. The molecule has 16 heavy (non-hydrogen) atoms. The van der Waals surface area contributed by atoms with E-state index in [4.69, 9.17) is 4.74 Å². The van der Waals surface area contributed by atoms with Crippen LogP contribution in [0.2, 0.25) is 0 Å². The number of hydrogen-bond donors (Lipinski definition) is 0. The molecule has 90 valence electrons. The van der Waals surface area contributed by atoms with Crippen LogP contribution in [0, 0.1) is 0 Å². The zero-order valence-corrected chi connectivity index (χ0v) is 10.2. The van der Waals surface area contributed by atoms with Crippen molar-refractivity contribution in [3.05, 3.63) is 23.8 Å². The molecule has 0 heterocycles. The minimum Gasteiger partial charge on any atom is -0.466 e. The molecule has 0 aromatic heterocycles. The summed E-state index contributed by atoms with van der Waals surface area (Å²) in [5, 5.41) is 0. The number of carbonyl (C=O) groups is 1. The lowest BCUT2D eigenvalue weighted by molar-refractivity contribution is -0.136. The summed E-state index contributed by atoms with van der Waals surface area (Å²) >= 11 is 0. The number of ether oxygens (including phenoxy) is 1. The van der Waals surface area contributed by atoms with Crippen molar-refractivity contribution in [3.8, 4) is 0 Å². The van der Waals surface area contributed by atoms with Crippen molar-refractivity contribution in [3.63, 3.8) is 0 Å². The predicted octanol–water partition coefficient (Wildman–Crippen LogP) is 3.78. The van der Waals surface area contributed by atoms with Gasteiger partial charge in [0.15, 0.2) is 0 Å². The van der Waals surface area contributed by atoms with E-state index in [0.717, 1.165) is 24.8 Å². The average Bonchev–Trinajstić information content (AvgIpc) is 2.29. The Hall–Kier alpha value is -1.05. The van der Waals surface area contributed by atoms with Crippen LogP contribution in [0.25, 0.3) is 0 Å². The predicted molar refractivity (Wildman–Crippen MR) is 66.2 cm³/mol. The van der Waals surface area contributed by atoms with Crippen LogP contribution in [-0.2, 0) is 9.53 Å². The normalized spacial score (nSPS) is 24.4. The van der Waals surface area contributed by atoms with Crippen LogP contribution in [0.15, 0.2) is 23.8 Å².